The molecule has 0 bridgehead atoms. The van der Waals surface area contributed by atoms with Gasteiger partial charge in [-0.3, -0.25) is 4.79 Å². The Kier molecular flexibility index (Phi) is 24.4. The predicted molar refractivity (Wildman–Crippen MR) is 10.3 cm³/mol. The van der Waals surface area contributed by atoms with E-state index in [9.17, 15) is 0 Å². The molecule has 2 nitrogen and oxygen atoms in total. The molecule has 0 rings (SSSR count). The maximum Gasteiger partial charge on any atom is 0.204 e. The summed E-state index contributed by atoms with van der Waals surface area (Å²) in [5, 5.41) is 0. The van der Waals surface area contributed by atoms with Crippen LogP contribution in [0.25, 0.3) is 0 Å². The summed E-state index contributed by atoms with van der Waals surface area (Å²) in [5.41, 5.74) is 4.17. The van der Waals surface area contributed by atoms with Gasteiger partial charge in [-0.1, -0.05) is 0 Å². The SMILES string of the molecule is NC=O.[Mo]. The van der Waals surface area contributed by atoms with E-state index in [4.69, 9.17) is 4.79 Å². The first-order valence-electron chi connectivity index (χ1n) is 0.569. The Morgan fingerprint density at radius 3 is 1.75 bits per heavy atom. The molecule has 0 fully saturated rings. The van der Waals surface area contributed by atoms with Crippen molar-refractivity contribution in [2.45, 2.75) is 0 Å². The molecule has 0 unspecified atom stereocenters. The quantitative estimate of drug-likeness (QED) is 0.344. The second-order valence-corrected chi connectivity index (χ2v) is 0.136. The minimum atomic E-state index is 0. The molecule has 0 aromatic carbocycles. The molecule has 24 valence electrons. The van der Waals surface area contributed by atoms with Gasteiger partial charge in [-0.05, 0) is 0 Å². The molecule has 0 saturated carbocycles. The Hall–Kier alpha value is 0.158. The number of carbonyl (C=O) groups excluding carboxylic acids is 1. The molecule has 0 heterocycles. The van der Waals surface area contributed by atoms with Crippen LogP contribution in [-0.2, 0) is 25.9 Å². The van der Waals surface area contributed by atoms with Gasteiger partial charge in [0.05, 0.1) is 0 Å². The van der Waals surface area contributed by atoms with Crippen LogP contribution in [0.15, 0.2) is 0 Å². The Balaban J connectivity index is 0. The maximum atomic E-state index is 8.58. The van der Waals surface area contributed by atoms with Gasteiger partial charge in [0.25, 0.3) is 0 Å². The predicted octanol–water partition coefficient (Wildman–Crippen LogP) is -0.901. The first-order valence-corrected chi connectivity index (χ1v) is 0.569. The van der Waals surface area contributed by atoms with Crippen molar-refractivity contribution in [3.63, 3.8) is 0 Å². The molecule has 0 aromatic rings. The zero-order chi connectivity index (χ0) is 2.71. The third-order valence-corrected chi connectivity index (χ3v) is 0. The Morgan fingerprint density at radius 1 is 1.75 bits per heavy atom. The fourth-order valence-corrected chi connectivity index (χ4v) is 0. The van der Waals surface area contributed by atoms with Gasteiger partial charge >= 0.3 is 0 Å². The molecule has 1 amide bonds. The van der Waals surface area contributed by atoms with E-state index < -0.39 is 0 Å². The van der Waals surface area contributed by atoms with Crippen molar-refractivity contribution in [1.29, 1.82) is 0 Å². The first kappa shape index (κ1) is 8.90. The number of hydrogen-bond acceptors (Lipinski definition) is 1. The van der Waals surface area contributed by atoms with Crippen molar-refractivity contribution in [3.05, 3.63) is 0 Å². The summed E-state index contributed by atoms with van der Waals surface area (Å²) in [6.45, 7) is 0. The fraction of sp³-hybridized carbons (Fsp3) is 0. The van der Waals surface area contributed by atoms with Crippen LogP contribution < -0.4 is 5.73 Å². The molecular formula is CH3MoNO. The molecule has 0 spiro atoms. The van der Waals surface area contributed by atoms with Crippen molar-refractivity contribution in [2.24, 2.45) is 5.73 Å². The molecule has 3 heteroatoms. The Bertz CT molecular complexity index is 15.5. The topological polar surface area (TPSA) is 43.1 Å². The fourth-order valence-electron chi connectivity index (χ4n) is 0. The summed E-state index contributed by atoms with van der Waals surface area (Å²) in [6.07, 6.45) is 0.250. The third-order valence-electron chi connectivity index (χ3n) is 0. The van der Waals surface area contributed by atoms with Gasteiger partial charge in [-0.2, -0.15) is 0 Å². The van der Waals surface area contributed by atoms with Gasteiger partial charge in [0.2, 0.25) is 6.41 Å². The molecule has 2 N–H and O–H groups in total. The minimum Gasteiger partial charge on any atom is -0.372 e. The normalized spacial score (nSPS) is 3.00. The third kappa shape index (κ3) is 116. The van der Waals surface area contributed by atoms with E-state index in [1.54, 1.807) is 0 Å². The molecular weight excluding hydrogens is 138 g/mol. The zero-order valence-corrected chi connectivity index (χ0v) is 3.98. The molecule has 0 saturated heterocycles. The molecule has 0 aromatic heterocycles. The van der Waals surface area contributed by atoms with Crippen LogP contribution in [0.5, 0.6) is 0 Å². The van der Waals surface area contributed by atoms with Gasteiger partial charge in [-0.25, -0.2) is 0 Å². The Labute approximate surface area is 38.6 Å². The van der Waals surface area contributed by atoms with Crippen LogP contribution >= 0.6 is 0 Å². The van der Waals surface area contributed by atoms with Crippen molar-refractivity contribution in [1.82, 2.24) is 0 Å². The monoisotopic (exact) mass is 143 g/mol. The summed E-state index contributed by atoms with van der Waals surface area (Å²) >= 11 is 0. The number of nitrogens with two attached hydrogens (primary N) is 1. The average molecular weight is 141 g/mol. The summed E-state index contributed by atoms with van der Waals surface area (Å²) in [7, 11) is 0. The van der Waals surface area contributed by atoms with Crippen LogP contribution in [0.3, 0.4) is 0 Å². The van der Waals surface area contributed by atoms with Crippen molar-refractivity contribution < 1.29 is 25.9 Å². The van der Waals surface area contributed by atoms with E-state index >= 15 is 0 Å². The molecule has 0 aliphatic heterocycles. The van der Waals surface area contributed by atoms with Crippen LogP contribution in [0, 0.1) is 0 Å². The first-order chi connectivity index (χ1) is 1.41. The molecule has 0 aliphatic carbocycles. The smallest absolute Gasteiger partial charge is 0.204 e. The minimum absolute atomic E-state index is 0. The van der Waals surface area contributed by atoms with Gasteiger partial charge in [-0.15, -0.1) is 0 Å². The number of primary amides is 1. The van der Waals surface area contributed by atoms with E-state index in [1.807, 2.05) is 0 Å². The van der Waals surface area contributed by atoms with Gasteiger partial charge < -0.3 is 5.73 Å². The van der Waals surface area contributed by atoms with Crippen LogP contribution in [-0.4, -0.2) is 6.41 Å². The van der Waals surface area contributed by atoms with Gasteiger partial charge in [0.1, 0.15) is 0 Å². The molecule has 0 radical (unpaired) electrons. The summed E-state index contributed by atoms with van der Waals surface area (Å²) < 4.78 is 0. The zero-order valence-electron chi connectivity index (χ0n) is 1.97. The largest absolute Gasteiger partial charge is 0.372 e. The summed E-state index contributed by atoms with van der Waals surface area (Å²) in [5.74, 6) is 0. The van der Waals surface area contributed by atoms with E-state index in [2.05, 4.69) is 5.73 Å². The number of hydrogen-bond donors (Lipinski definition) is 1. The van der Waals surface area contributed by atoms with E-state index in [1.165, 1.54) is 0 Å². The van der Waals surface area contributed by atoms with E-state index in [-0.39, 0.29) is 27.5 Å². The molecule has 0 atom stereocenters. The van der Waals surface area contributed by atoms with E-state index in [0.717, 1.165) is 0 Å². The number of amides is 1. The molecule has 0 aliphatic rings. The molecule has 4 heavy (non-hydrogen) atoms. The second kappa shape index (κ2) is 11.0. The van der Waals surface area contributed by atoms with Crippen LogP contribution in [0.4, 0.5) is 0 Å². The van der Waals surface area contributed by atoms with Crippen LogP contribution in [0.1, 0.15) is 0 Å². The standard InChI is InChI=1S/CH3NO.Mo/c2-1-3;/h1H,(H2,2,3);. The number of carbonyl (C=O) groups is 1. The summed E-state index contributed by atoms with van der Waals surface area (Å²) in [4.78, 5) is 8.58. The Morgan fingerprint density at radius 2 is 1.75 bits per heavy atom. The maximum absolute atomic E-state index is 8.58. The van der Waals surface area contributed by atoms with Crippen molar-refractivity contribution in [3.8, 4) is 0 Å². The van der Waals surface area contributed by atoms with Crippen molar-refractivity contribution in [2.75, 3.05) is 0 Å². The summed E-state index contributed by atoms with van der Waals surface area (Å²) in [6, 6.07) is 0. The van der Waals surface area contributed by atoms with Crippen molar-refractivity contribution >= 4 is 6.41 Å². The number of rotatable bonds is 0. The van der Waals surface area contributed by atoms with Gasteiger partial charge in [0, 0.05) is 21.1 Å². The second-order valence-electron chi connectivity index (χ2n) is 0.136. The van der Waals surface area contributed by atoms with Crippen LogP contribution in [0.2, 0.25) is 0 Å². The van der Waals surface area contributed by atoms with E-state index in [0.29, 0.717) is 0 Å². The van der Waals surface area contributed by atoms with Gasteiger partial charge in [0.15, 0.2) is 0 Å². The average Bonchev–Trinajstić information content (AvgIpc) is 0.918.